The summed E-state index contributed by atoms with van der Waals surface area (Å²) in [5.41, 5.74) is 11.3. The third-order valence-electron chi connectivity index (χ3n) is 9.17. The van der Waals surface area contributed by atoms with Gasteiger partial charge in [-0.1, -0.05) is 90.2 Å². The van der Waals surface area contributed by atoms with Crippen LogP contribution in [0.2, 0.25) is 0 Å². The monoisotopic (exact) mass is 584 g/mol. The third kappa shape index (κ3) is 5.07. The number of para-hydroxylation sites is 2. The van der Waals surface area contributed by atoms with Gasteiger partial charge in [0, 0.05) is 28.2 Å². The van der Waals surface area contributed by atoms with E-state index in [1.165, 1.54) is 23.4 Å². The highest BCUT2D eigenvalue weighted by Gasteiger charge is 2.54. The molecular weight excluding hydrogens is 550 g/mol. The van der Waals surface area contributed by atoms with Crippen molar-refractivity contribution in [2.75, 3.05) is 18.0 Å². The minimum atomic E-state index is 0.669. The molecule has 218 valence electrons. The number of anilines is 3. The van der Waals surface area contributed by atoms with Crippen LogP contribution in [0.3, 0.4) is 0 Å². The summed E-state index contributed by atoms with van der Waals surface area (Å²) in [7, 11) is 0. The van der Waals surface area contributed by atoms with Crippen LogP contribution in [0.25, 0.3) is 33.8 Å². The minimum absolute atomic E-state index is 0.669. The van der Waals surface area contributed by atoms with Gasteiger partial charge in [0.1, 0.15) is 30.5 Å². The van der Waals surface area contributed by atoms with Crippen molar-refractivity contribution in [2.45, 2.75) is 13.0 Å². The molecule has 1 fully saturated rings. The fourth-order valence-corrected chi connectivity index (χ4v) is 6.59. The zero-order chi connectivity index (χ0) is 30.2. The molecule has 0 aliphatic carbocycles. The van der Waals surface area contributed by atoms with Crippen LogP contribution in [-0.2, 0) is 0 Å². The van der Waals surface area contributed by atoms with E-state index in [9.17, 15) is 0 Å². The van der Waals surface area contributed by atoms with Gasteiger partial charge in [0.2, 0.25) is 0 Å². The second kappa shape index (κ2) is 11.2. The highest BCUT2D eigenvalue weighted by Crippen LogP contribution is 2.44. The molecule has 5 nitrogen and oxygen atoms in total. The van der Waals surface area contributed by atoms with Crippen LogP contribution < -0.4 is 4.90 Å². The first-order valence-electron chi connectivity index (χ1n) is 15.6. The largest absolute Gasteiger partial charge is 0.311 e. The lowest BCUT2D eigenvalue weighted by atomic mass is 10.0. The Morgan fingerprint density at radius 1 is 0.667 bits per heavy atom. The van der Waals surface area contributed by atoms with Gasteiger partial charge in [0.05, 0.1) is 11.9 Å². The van der Waals surface area contributed by atoms with E-state index in [1.807, 2.05) is 23.0 Å². The third-order valence-corrected chi connectivity index (χ3v) is 9.17. The van der Waals surface area contributed by atoms with Crippen LogP contribution >= 0.6 is 0 Å². The van der Waals surface area contributed by atoms with Crippen LogP contribution in [0.1, 0.15) is 12.5 Å². The topological polar surface area (TPSA) is 34.0 Å². The van der Waals surface area contributed by atoms with E-state index in [0.717, 1.165) is 50.6 Å². The molecule has 8 rings (SSSR count). The van der Waals surface area contributed by atoms with Crippen molar-refractivity contribution in [2.24, 2.45) is 0 Å². The molecule has 3 heterocycles. The van der Waals surface area contributed by atoms with Gasteiger partial charge in [-0.05, 0) is 84.8 Å². The Hall–Kier alpha value is -5.52. The molecule has 45 heavy (non-hydrogen) atoms. The molecule has 6 aromatic rings. The predicted molar refractivity (Wildman–Crippen MR) is 183 cm³/mol. The van der Waals surface area contributed by atoms with Crippen molar-refractivity contribution in [3.8, 4) is 28.1 Å². The van der Waals surface area contributed by atoms with E-state index in [0.29, 0.717) is 6.04 Å². The number of rotatable bonds is 7. The first-order chi connectivity index (χ1) is 22.2. The Morgan fingerprint density at radius 3 is 1.91 bits per heavy atom. The molecule has 2 atom stereocenters. The lowest BCUT2D eigenvalue weighted by Gasteiger charge is -2.25. The fourth-order valence-electron chi connectivity index (χ4n) is 6.59. The normalized spacial score (nSPS) is 18.5. The Morgan fingerprint density at radius 2 is 1.27 bits per heavy atom. The summed E-state index contributed by atoms with van der Waals surface area (Å²) >= 11 is 0. The Bertz CT molecular complexity index is 1970. The maximum absolute atomic E-state index is 4.53. The van der Waals surface area contributed by atoms with Crippen LogP contribution in [0.5, 0.6) is 0 Å². The maximum atomic E-state index is 4.53. The van der Waals surface area contributed by atoms with E-state index in [4.69, 9.17) is 0 Å². The van der Waals surface area contributed by atoms with Crippen molar-refractivity contribution in [3.63, 3.8) is 0 Å². The van der Waals surface area contributed by atoms with Gasteiger partial charge in [0.15, 0.2) is 0 Å². The quantitative estimate of drug-likeness (QED) is 0.139. The molecular formula is C40H34N5+. The molecule has 1 spiro atoms. The van der Waals surface area contributed by atoms with Gasteiger partial charge in [-0.15, -0.1) is 5.10 Å². The molecule has 0 saturated carbocycles. The van der Waals surface area contributed by atoms with Crippen molar-refractivity contribution < 1.29 is 4.48 Å². The van der Waals surface area contributed by atoms with Crippen LogP contribution in [0.4, 0.5) is 17.1 Å². The van der Waals surface area contributed by atoms with Gasteiger partial charge in [-0.3, -0.25) is 4.48 Å². The van der Waals surface area contributed by atoms with E-state index in [1.54, 1.807) is 0 Å². The van der Waals surface area contributed by atoms with E-state index < -0.39 is 0 Å². The first kappa shape index (κ1) is 27.1. The summed E-state index contributed by atoms with van der Waals surface area (Å²) in [5, 5.41) is 9.02. The van der Waals surface area contributed by atoms with E-state index >= 15 is 0 Å². The molecule has 5 heteroatoms. The summed E-state index contributed by atoms with van der Waals surface area (Å²) in [5.74, 6) is 0. The molecule has 2 aliphatic heterocycles. The molecule has 0 bridgehead atoms. The first-order valence-corrected chi connectivity index (χ1v) is 15.6. The van der Waals surface area contributed by atoms with Gasteiger partial charge in [-0.2, -0.15) is 0 Å². The molecule has 5 aromatic carbocycles. The number of aromatic nitrogens is 3. The average molecular weight is 585 g/mol. The SMILES string of the molecule is CC1C[N+]12CC=CC=C2c1cccc(-n2cc(-c3ccc(-c4ccc(N(c5ccccc5)c5ccccc5)cc4)cc3)nn2)c1. The second-order valence-corrected chi connectivity index (χ2v) is 12.0. The lowest BCUT2D eigenvalue weighted by Crippen LogP contribution is -2.28. The lowest BCUT2D eigenvalue weighted by molar-refractivity contribution is -0.728. The molecule has 0 amide bonds. The maximum Gasteiger partial charge on any atom is 0.141 e. The summed E-state index contributed by atoms with van der Waals surface area (Å²) in [6.45, 7) is 4.62. The Labute approximate surface area is 264 Å². The fraction of sp³-hybridized carbons (Fsp3) is 0.100. The zero-order valence-corrected chi connectivity index (χ0v) is 25.2. The number of hydrogen-bond acceptors (Lipinski definition) is 3. The number of allylic oxidation sites excluding steroid dienone is 2. The standard InChI is InChI=1S/C40H34N5/c1-30-29-45(30)26-9-8-17-40(45)34-11-10-16-38(27-34)43-28-39(41-42-43)33-20-18-31(19-21-33)32-22-24-37(25-23-32)44(35-12-4-2-5-13-35)36-14-6-3-7-15-36/h2-25,27-28,30H,26,29H2,1H3/q+1. The van der Waals surface area contributed by atoms with Crippen LogP contribution in [-0.4, -0.2) is 38.6 Å². The summed E-state index contributed by atoms with van der Waals surface area (Å²) in [6, 6.07) is 47.6. The molecule has 1 saturated heterocycles. The van der Waals surface area contributed by atoms with E-state index in [-0.39, 0.29) is 0 Å². The molecule has 0 N–H and O–H groups in total. The number of quaternary nitrogens is 1. The molecule has 2 unspecified atom stereocenters. The minimum Gasteiger partial charge on any atom is -0.311 e. The average Bonchev–Trinajstić information content (AvgIpc) is 3.48. The number of benzene rings is 5. The van der Waals surface area contributed by atoms with E-state index in [2.05, 4.69) is 162 Å². The smallest absolute Gasteiger partial charge is 0.141 e. The number of nitrogens with zero attached hydrogens (tertiary/aromatic N) is 5. The molecule has 1 aromatic heterocycles. The summed E-state index contributed by atoms with van der Waals surface area (Å²) < 4.78 is 2.93. The van der Waals surface area contributed by atoms with Gasteiger partial charge >= 0.3 is 0 Å². The Balaban J connectivity index is 1.02. The van der Waals surface area contributed by atoms with Crippen LogP contribution in [0.15, 0.2) is 158 Å². The van der Waals surface area contributed by atoms with Crippen LogP contribution in [0, 0.1) is 0 Å². The van der Waals surface area contributed by atoms with Crippen molar-refractivity contribution in [1.29, 1.82) is 0 Å². The second-order valence-electron chi connectivity index (χ2n) is 12.0. The van der Waals surface area contributed by atoms with Gasteiger partial charge in [0.25, 0.3) is 0 Å². The Kier molecular flexibility index (Phi) is 6.73. The van der Waals surface area contributed by atoms with Crippen molar-refractivity contribution in [1.82, 2.24) is 15.0 Å². The summed E-state index contributed by atoms with van der Waals surface area (Å²) in [4.78, 5) is 2.28. The summed E-state index contributed by atoms with van der Waals surface area (Å²) in [6.07, 6.45) is 8.76. The van der Waals surface area contributed by atoms with Crippen molar-refractivity contribution in [3.05, 3.63) is 163 Å². The molecule has 2 aliphatic rings. The van der Waals surface area contributed by atoms with Crippen molar-refractivity contribution >= 4 is 22.8 Å². The highest BCUT2D eigenvalue weighted by molar-refractivity contribution is 5.78. The highest BCUT2D eigenvalue weighted by atomic mass is 15.5. The predicted octanol–water partition coefficient (Wildman–Crippen LogP) is 9.20. The van der Waals surface area contributed by atoms with Gasteiger partial charge in [-0.25, -0.2) is 4.68 Å². The number of hydrogen-bond donors (Lipinski definition) is 0. The molecule has 0 radical (unpaired) electrons. The van der Waals surface area contributed by atoms with Gasteiger partial charge < -0.3 is 4.90 Å². The zero-order valence-electron chi connectivity index (χ0n) is 25.2.